The van der Waals surface area contributed by atoms with Crippen molar-refractivity contribution in [2.45, 2.75) is 25.7 Å². The average Bonchev–Trinajstić information content (AvgIpc) is 2.40. The topological polar surface area (TPSA) is 59.2 Å². The van der Waals surface area contributed by atoms with Crippen molar-refractivity contribution < 1.29 is 4.79 Å². The van der Waals surface area contributed by atoms with Gasteiger partial charge in [0.2, 0.25) is 5.91 Å². The lowest BCUT2D eigenvalue weighted by Gasteiger charge is -2.32. The van der Waals surface area contributed by atoms with Gasteiger partial charge < -0.3 is 10.6 Å². The maximum atomic E-state index is 12.2. The molecular formula is C14H21N3O. The standard InChI is InChI=1S/C14H21N3O/c15-6-3-13-2-1-9-17(11-13)14(18)10-12-4-7-16-8-5-12/h4-5,7-8,13H,1-3,6,9-11,15H2. The maximum Gasteiger partial charge on any atom is 0.227 e. The van der Waals surface area contributed by atoms with Gasteiger partial charge >= 0.3 is 0 Å². The molecule has 2 heterocycles. The first kappa shape index (κ1) is 13.0. The molecule has 18 heavy (non-hydrogen) atoms. The SMILES string of the molecule is NCCC1CCCN(C(=O)Cc2ccncc2)C1. The second-order valence-electron chi connectivity index (χ2n) is 4.96. The van der Waals surface area contributed by atoms with E-state index in [0.29, 0.717) is 12.3 Å². The van der Waals surface area contributed by atoms with Crippen LogP contribution in [0.3, 0.4) is 0 Å². The van der Waals surface area contributed by atoms with Gasteiger partial charge in [0.25, 0.3) is 0 Å². The number of aromatic nitrogens is 1. The van der Waals surface area contributed by atoms with Crippen LogP contribution in [0.15, 0.2) is 24.5 Å². The van der Waals surface area contributed by atoms with Gasteiger partial charge in [-0.2, -0.15) is 0 Å². The van der Waals surface area contributed by atoms with Crippen LogP contribution in [0.1, 0.15) is 24.8 Å². The molecule has 1 aliphatic rings. The number of carbonyl (C=O) groups excluding carboxylic acids is 1. The Balaban J connectivity index is 1.88. The summed E-state index contributed by atoms with van der Waals surface area (Å²) in [5.41, 5.74) is 6.63. The third kappa shape index (κ3) is 3.53. The third-order valence-corrected chi connectivity index (χ3v) is 3.55. The highest BCUT2D eigenvalue weighted by molar-refractivity contribution is 5.78. The van der Waals surface area contributed by atoms with Gasteiger partial charge in [-0.3, -0.25) is 9.78 Å². The van der Waals surface area contributed by atoms with Crippen LogP contribution >= 0.6 is 0 Å². The summed E-state index contributed by atoms with van der Waals surface area (Å²) in [6.07, 6.45) is 7.28. The number of piperidine rings is 1. The summed E-state index contributed by atoms with van der Waals surface area (Å²) in [7, 11) is 0. The molecule has 0 aliphatic carbocycles. The van der Waals surface area contributed by atoms with Gasteiger partial charge in [0.15, 0.2) is 0 Å². The van der Waals surface area contributed by atoms with Crippen molar-refractivity contribution in [1.82, 2.24) is 9.88 Å². The van der Waals surface area contributed by atoms with Crippen LogP contribution in [0.4, 0.5) is 0 Å². The van der Waals surface area contributed by atoms with Gasteiger partial charge in [0.05, 0.1) is 6.42 Å². The van der Waals surface area contributed by atoms with Crippen LogP contribution in [0.2, 0.25) is 0 Å². The zero-order valence-electron chi connectivity index (χ0n) is 10.7. The number of nitrogens with two attached hydrogens (primary N) is 1. The number of nitrogens with zero attached hydrogens (tertiary/aromatic N) is 2. The Morgan fingerprint density at radius 1 is 1.44 bits per heavy atom. The number of hydrogen-bond donors (Lipinski definition) is 1. The maximum absolute atomic E-state index is 12.2. The Morgan fingerprint density at radius 3 is 2.94 bits per heavy atom. The molecule has 1 aliphatic heterocycles. The Hall–Kier alpha value is -1.42. The number of carbonyl (C=O) groups is 1. The van der Waals surface area contributed by atoms with Crippen molar-refractivity contribution in [3.8, 4) is 0 Å². The first-order chi connectivity index (χ1) is 8.79. The second kappa shape index (κ2) is 6.50. The van der Waals surface area contributed by atoms with Crippen molar-refractivity contribution in [1.29, 1.82) is 0 Å². The fourth-order valence-corrected chi connectivity index (χ4v) is 2.55. The molecule has 4 nitrogen and oxygen atoms in total. The van der Waals surface area contributed by atoms with Gasteiger partial charge in [-0.15, -0.1) is 0 Å². The summed E-state index contributed by atoms with van der Waals surface area (Å²) >= 11 is 0. The Kier molecular flexibility index (Phi) is 4.70. The van der Waals surface area contributed by atoms with Crippen LogP contribution in [-0.4, -0.2) is 35.4 Å². The molecule has 1 aromatic heterocycles. The van der Waals surface area contributed by atoms with Crippen LogP contribution in [0.25, 0.3) is 0 Å². The number of amides is 1. The molecule has 1 fully saturated rings. The summed E-state index contributed by atoms with van der Waals surface area (Å²) in [5.74, 6) is 0.813. The second-order valence-corrected chi connectivity index (χ2v) is 4.96. The normalized spacial score (nSPS) is 19.8. The highest BCUT2D eigenvalue weighted by Gasteiger charge is 2.22. The van der Waals surface area contributed by atoms with Crippen molar-refractivity contribution in [3.05, 3.63) is 30.1 Å². The van der Waals surface area contributed by atoms with Crippen LogP contribution in [-0.2, 0) is 11.2 Å². The molecule has 2 N–H and O–H groups in total. The van der Waals surface area contributed by atoms with E-state index in [2.05, 4.69) is 4.98 Å². The molecule has 1 atom stereocenters. The molecule has 2 rings (SSSR count). The summed E-state index contributed by atoms with van der Waals surface area (Å²) < 4.78 is 0. The van der Waals surface area contributed by atoms with E-state index in [4.69, 9.17) is 5.73 Å². The predicted octanol–water partition coefficient (Wildman–Crippen LogP) is 1.21. The minimum absolute atomic E-state index is 0.225. The van der Waals surface area contributed by atoms with Crippen molar-refractivity contribution >= 4 is 5.91 Å². The molecule has 0 aromatic carbocycles. The average molecular weight is 247 g/mol. The zero-order valence-corrected chi connectivity index (χ0v) is 10.7. The molecule has 1 aromatic rings. The number of likely N-dealkylation sites (tertiary alicyclic amines) is 1. The molecule has 0 saturated carbocycles. The van der Waals surface area contributed by atoms with E-state index in [1.54, 1.807) is 12.4 Å². The van der Waals surface area contributed by atoms with Crippen LogP contribution < -0.4 is 5.73 Å². The van der Waals surface area contributed by atoms with Gasteiger partial charge in [-0.05, 0) is 49.4 Å². The van der Waals surface area contributed by atoms with E-state index in [0.717, 1.165) is 38.0 Å². The van der Waals surface area contributed by atoms with E-state index < -0.39 is 0 Å². The van der Waals surface area contributed by atoms with E-state index in [1.165, 1.54) is 6.42 Å². The van der Waals surface area contributed by atoms with Crippen LogP contribution in [0.5, 0.6) is 0 Å². The highest BCUT2D eigenvalue weighted by atomic mass is 16.2. The molecule has 4 heteroatoms. The third-order valence-electron chi connectivity index (χ3n) is 3.55. The first-order valence-corrected chi connectivity index (χ1v) is 6.66. The van der Waals surface area contributed by atoms with E-state index in [9.17, 15) is 4.79 Å². The summed E-state index contributed by atoms with van der Waals surface area (Å²) in [6.45, 7) is 2.49. The van der Waals surface area contributed by atoms with Crippen molar-refractivity contribution in [2.24, 2.45) is 11.7 Å². The molecule has 0 spiro atoms. The molecule has 0 bridgehead atoms. The lowest BCUT2D eigenvalue weighted by atomic mass is 9.94. The monoisotopic (exact) mass is 247 g/mol. The number of pyridine rings is 1. The van der Waals surface area contributed by atoms with E-state index in [-0.39, 0.29) is 5.91 Å². The van der Waals surface area contributed by atoms with Gasteiger partial charge in [0, 0.05) is 25.5 Å². The zero-order chi connectivity index (χ0) is 12.8. The van der Waals surface area contributed by atoms with Crippen molar-refractivity contribution in [3.63, 3.8) is 0 Å². The smallest absolute Gasteiger partial charge is 0.227 e. The number of rotatable bonds is 4. The predicted molar refractivity (Wildman–Crippen MR) is 70.9 cm³/mol. The van der Waals surface area contributed by atoms with E-state index >= 15 is 0 Å². The summed E-state index contributed by atoms with van der Waals surface area (Å²) in [5, 5.41) is 0. The Morgan fingerprint density at radius 2 is 2.22 bits per heavy atom. The highest BCUT2D eigenvalue weighted by Crippen LogP contribution is 2.19. The molecule has 1 amide bonds. The molecular weight excluding hydrogens is 226 g/mol. The quantitative estimate of drug-likeness (QED) is 0.870. The largest absolute Gasteiger partial charge is 0.342 e. The van der Waals surface area contributed by atoms with Gasteiger partial charge in [-0.25, -0.2) is 0 Å². The Labute approximate surface area is 108 Å². The first-order valence-electron chi connectivity index (χ1n) is 6.66. The molecule has 1 saturated heterocycles. The molecule has 0 radical (unpaired) electrons. The molecule has 98 valence electrons. The van der Waals surface area contributed by atoms with Crippen LogP contribution in [0, 0.1) is 5.92 Å². The molecule has 1 unspecified atom stereocenters. The fourth-order valence-electron chi connectivity index (χ4n) is 2.55. The minimum Gasteiger partial charge on any atom is -0.342 e. The summed E-state index contributed by atoms with van der Waals surface area (Å²) in [6, 6.07) is 3.80. The number of hydrogen-bond acceptors (Lipinski definition) is 3. The minimum atomic E-state index is 0.225. The van der Waals surface area contributed by atoms with Crippen molar-refractivity contribution in [2.75, 3.05) is 19.6 Å². The van der Waals surface area contributed by atoms with E-state index in [1.807, 2.05) is 17.0 Å². The fraction of sp³-hybridized carbons (Fsp3) is 0.571. The summed E-state index contributed by atoms with van der Waals surface area (Å²) in [4.78, 5) is 18.1. The lowest BCUT2D eigenvalue weighted by molar-refractivity contribution is -0.132. The Bertz CT molecular complexity index is 378. The lowest BCUT2D eigenvalue weighted by Crippen LogP contribution is -2.41. The van der Waals surface area contributed by atoms with Gasteiger partial charge in [0.1, 0.15) is 0 Å². The van der Waals surface area contributed by atoms with Gasteiger partial charge in [-0.1, -0.05) is 0 Å².